The van der Waals surface area contributed by atoms with Gasteiger partial charge in [-0.1, -0.05) is 47.1 Å². The minimum atomic E-state index is -0.407. The number of fused-ring (bicyclic) bond motifs is 1. The predicted molar refractivity (Wildman–Crippen MR) is 100 cm³/mol. The van der Waals surface area contributed by atoms with E-state index in [9.17, 15) is 10.1 Å². The Kier molecular flexibility index (Phi) is 5.24. The van der Waals surface area contributed by atoms with Gasteiger partial charge in [-0.05, 0) is 30.3 Å². The Morgan fingerprint density at radius 1 is 1.28 bits per heavy atom. The van der Waals surface area contributed by atoms with Gasteiger partial charge >= 0.3 is 0 Å². The molecule has 0 unspecified atom stereocenters. The fraction of sp³-hybridized carbons (Fsp3) is 0.111. The quantitative estimate of drug-likeness (QED) is 0.547. The lowest BCUT2D eigenvalue weighted by Crippen LogP contribution is -2.19. The first-order valence-corrected chi connectivity index (χ1v) is 8.84. The van der Waals surface area contributed by atoms with Crippen molar-refractivity contribution in [3.63, 3.8) is 0 Å². The van der Waals surface area contributed by atoms with E-state index >= 15 is 0 Å². The summed E-state index contributed by atoms with van der Waals surface area (Å²) in [6, 6.07) is 14.5. The molecule has 0 atom stereocenters. The molecule has 126 valence electrons. The first kappa shape index (κ1) is 17.7. The van der Waals surface area contributed by atoms with Gasteiger partial charge in [0.15, 0.2) is 6.61 Å². The highest BCUT2D eigenvalue weighted by molar-refractivity contribution is 8.03. The number of ketones is 1. The maximum absolute atomic E-state index is 12.5. The van der Waals surface area contributed by atoms with Crippen LogP contribution >= 0.6 is 35.0 Å². The molecule has 25 heavy (non-hydrogen) atoms. The summed E-state index contributed by atoms with van der Waals surface area (Å²) in [5.41, 5.74) is 1.03. The van der Waals surface area contributed by atoms with Crippen LogP contribution in [0.5, 0.6) is 5.75 Å². The highest BCUT2D eigenvalue weighted by Crippen LogP contribution is 2.46. The molecule has 2 aromatic rings. The van der Waals surface area contributed by atoms with Crippen LogP contribution in [0.1, 0.15) is 0 Å². The van der Waals surface area contributed by atoms with Crippen LogP contribution in [0.25, 0.3) is 0 Å². The number of nitriles is 1. The van der Waals surface area contributed by atoms with E-state index < -0.39 is 5.78 Å². The fourth-order valence-corrected chi connectivity index (χ4v) is 3.98. The Balaban J connectivity index is 1.80. The van der Waals surface area contributed by atoms with Crippen molar-refractivity contribution in [1.29, 1.82) is 5.26 Å². The summed E-state index contributed by atoms with van der Waals surface area (Å²) in [6.07, 6.45) is 0. The molecule has 4 nitrogen and oxygen atoms in total. The molecular formula is C18H12Cl2N2O2S. The number of rotatable bonds is 4. The molecule has 1 aliphatic heterocycles. The van der Waals surface area contributed by atoms with E-state index in [0.717, 1.165) is 10.6 Å². The third-order valence-corrected chi connectivity index (χ3v) is 5.36. The van der Waals surface area contributed by atoms with Crippen molar-refractivity contribution in [1.82, 2.24) is 0 Å². The van der Waals surface area contributed by atoms with Crippen LogP contribution in [-0.4, -0.2) is 19.4 Å². The van der Waals surface area contributed by atoms with Crippen molar-refractivity contribution >= 4 is 46.4 Å². The number of Topliss-reactive ketones (excluding diaryl/α,β-unsaturated/α-hetero) is 1. The van der Waals surface area contributed by atoms with Crippen molar-refractivity contribution in [2.45, 2.75) is 4.90 Å². The Morgan fingerprint density at radius 3 is 2.72 bits per heavy atom. The molecule has 0 saturated heterocycles. The molecule has 0 aliphatic carbocycles. The molecule has 0 N–H and O–H groups in total. The third-order valence-electron chi connectivity index (χ3n) is 3.60. The zero-order valence-corrected chi connectivity index (χ0v) is 15.5. The van der Waals surface area contributed by atoms with Gasteiger partial charge in [-0.3, -0.25) is 4.79 Å². The molecule has 0 bridgehead atoms. The van der Waals surface area contributed by atoms with Crippen molar-refractivity contribution in [2.24, 2.45) is 0 Å². The van der Waals surface area contributed by atoms with Crippen LogP contribution in [0, 0.1) is 11.3 Å². The average molecular weight is 391 g/mol. The summed E-state index contributed by atoms with van der Waals surface area (Å²) in [7, 11) is 1.83. The average Bonchev–Trinajstić information content (AvgIpc) is 2.92. The van der Waals surface area contributed by atoms with E-state index in [-0.39, 0.29) is 12.2 Å². The molecule has 1 heterocycles. The summed E-state index contributed by atoms with van der Waals surface area (Å²) in [6.45, 7) is -0.279. The zero-order valence-electron chi connectivity index (χ0n) is 13.1. The Hall–Kier alpha value is -2.13. The molecule has 0 saturated carbocycles. The first-order chi connectivity index (χ1) is 12.0. The fourth-order valence-electron chi connectivity index (χ4n) is 2.36. The summed E-state index contributed by atoms with van der Waals surface area (Å²) >= 11 is 13.3. The van der Waals surface area contributed by atoms with Gasteiger partial charge in [0.1, 0.15) is 22.4 Å². The number of ether oxygens (including phenoxy) is 1. The molecule has 3 rings (SSSR count). The number of para-hydroxylation sites is 1. The van der Waals surface area contributed by atoms with Gasteiger partial charge in [0, 0.05) is 17.0 Å². The second kappa shape index (κ2) is 7.40. The highest BCUT2D eigenvalue weighted by Gasteiger charge is 2.28. The number of benzene rings is 2. The lowest BCUT2D eigenvalue weighted by Gasteiger charge is -2.15. The lowest BCUT2D eigenvalue weighted by atomic mass is 10.2. The van der Waals surface area contributed by atoms with Crippen molar-refractivity contribution < 1.29 is 9.53 Å². The van der Waals surface area contributed by atoms with Gasteiger partial charge in [0.05, 0.1) is 10.7 Å². The number of carbonyl (C=O) groups excluding carboxylic acids is 1. The molecule has 0 amide bonds. The number of hydrogen-bond donors (Lipinski definition) is 0. The standard InChI is InChI=1S/C18H12Cl2N2O2S/c1-22-14-4-2-3-5-17(14)25-18(22)12(9-21)15(23)10-24-16-7-6-11(19)8-13(16)20/h2-8H,10H2,1H3/b18-12-. The van der Waals surface area contributed by atoms with Crippen molar-refractivity contribution in [3.05, 3.63) is 63.1 Å². The van der Waals surface area contributed by atoms with E-state index in [2.05, 4.69) is 0 Å². The Labute approximate surface area is 159 Å². The number of anilines is 1. The van der Waals surface area contributed by atoms with E-state index in [0.29, 0.717) is 20.8 Å². The minimum absolute atomic E-state index is 0.0637. The summed E-state index contributed by atoms with van der Waals surface area (Å²) in [5, 5.41) is 10.9. The van der Waals surface area contributed by atoms with Gasteiger partial charge in [0.2, 0.25) is 5.78 Å². The van der Waals surface area contributed by atoms with Crippen molar-refractivity contribution in [3.8, 4) is 11.8 Å². The van der Waals surface area contributed by atoms with Gasteiger partial charge in [-0.25, -0.2) is 0 Å². The molecule has 7 heteroatoms. The number of carbonyl (C=O) groups is 1. The number of hydrogen-bond acceptors (Lipinski definition) is 5. The second-order valence-corrected chi connectivity index (χ2v) is 7.08. The highest BCUT2D eigenvalue weighted by atomic mass is 35.5. The molecular weight excluding hydrogens is 379 g/mol. The lowest BCUT2D eigenvalue weighted by molar-refractivity contribution is -0.117. The van der Waals surface area contributed by atoms with Crippen LogP contribution in [0.15, 0.2) is 58.0 Å². The van der Waals surface area contributed by atoms with Crippen LogP contribution in [0.2, 0.25) is 10.0 Å². The Morgan fingerprint density at radius 2 is 2.04 bits per heavy atom. The van der Waals surface area contributed by atoms with Gasteiger partial charge in [-0.15, -0.1) is 0 Å². The maximum atomic E-state index is 12.5. The van der Waals surface area contributed by atoms with Gasteiger partial charge in [-0.2, -0.15) is 5.26 Å². The van der Waals surface area contributed by atoms with Gasteiger partial charge in [0.25, 0.3) is 0 Å². The normalized spacial score (nSPS) is 14.7. The molecule has 2 aromatic carbocycles. The summed E-state index contributed by atoms with van der Waals surface area (Å²) in [4.78, 5) is 15.3. The van der Waals surface area contributed by atoms with E-state index in [1.54, 1.807) is 12.1 Å². The molecule has 0 radical (unpaired) electrons. The number of thioether (sulfide) groups is 1. The molecule has 1 aliphatic rings. The monoisotopic (exact) mass is 390 g/mol. The zero-order chi connectivity index (χ0) is 18.0. The molecule has 0 aromatic heterocycles. The van der Waals surface area contributed by atoms with Crippen LogP contribution < -0.4 is 9.64 Å². The molecule has 0 spiro atoms. The smallest absolute Gasteiger partial charge is 0.213 e. The summed E-state index contributed by atoms with van der Waals surface area (Å²) < 4.78 is 5.46. The SMILES string of the molecule is CN1/C(=C(\C#N)C(=O)COc2ccc(Cl)cc2Cl)Sc2ccccc21. The van der Waals surface area contributed by atoms with Crippen LogP contribution in [0.3, 0.4) is 0 Å². The van der Waals surface area contributed by atoms with Crippen molar-refractivity contribution in [2.75, 3.05) is 18.6 Å². The van der Waals surface area contributed by atoms with E-state index in [1.165, 1.54) is 17.8 Å². The predicted octanol–water partition coefficient (Wildman–Crippen LogP) is 4.92. The van der Waals surface area contributed by atoms with Crippen LogP contribution in [0.4, 0.5) is 5.69 Å². The third kappa shape index (κ3) is 3.62. The largest absolute Gasteiger partial charge is 0.484 e. The minimum Gasteiger partial charge on any atom is -0.484 e. The Bertz CT molecular complexity index is 922. The maximum Gasteiger partial charge on any atom is 0.213 e. The van der Waals surface area contributed by atoms with E-state index in [4.69, 9.17) is 27.9 Å². The van der Waals surface area contributed by atoms with Gasteiger partial charge < -0.3 is 9.64 Å². The first-order valence-electron chi connectivity index (χ1n) is 7.27. The second-order valence-electron chi connectivity index (χ2n) is 5.21. The van der Waals surface area contributed by atoms with E-state index in [1.807, 2.05) is 42.3 Å². The topological polar surface area (TPSA) is 53.3 Å². The number of halogens is 2. The van der Waals surface area contributed by atoms with Crippen LogP contribution in [-0.2, 0) is 4.79 Å². The number of nitrogens with zero attached hydrogens (tertiary/aromatic N) is 2. The molecule has 0 fully saturated rings. The summed E-state index contributed by atoms with van der Waals surface area (Å²) in [5.74, 6) is -0.0619.